The molecule has 35 heavy (non-hydrogen) atoms. The molecule has 9 heteroatoms. The third-order valence-electron chi connectivity index (χ3n) is 6.30. The Hall–Kier alpha value is -2.91. The molecule has 1 fully saturated rings. The molecule has 1 aromatic carbocycles. The third-order valence-corrected chi connectivity index (χ3v) is 6.30. The van der Waals surface area contributed by atoms with Crippen LogP contribution in [0.2, 0.25) is 0 Å². The van der Waals surface area contributed by atoms with E-state index in [1.807, 2.05) is 26.0 Å². The van der Waals surface area contributed by atoms with Crippen molar-refractivity contribution in [3.63, 3.8) is 0 Å². The number of aromatic nitrogens is 2. The molecular formula is C26H39N5O4. The number of nitrogen functional groups attached to an aromatic ring is 1. The van der Waals surface area contributed by atoms with Crippen molar-refractivity contribution in [2.24, 2.45) is 0 Å². The lowest BCUT2D eigenvalue weighted by Gasteiger charge is -2.35. The van der Waals surface area contributed by atoms with Gasteiger partial charge >= 0.3 is 5.69 Å². The zero-order valence-electron chi connectivity index (χ0n) is 21.4. The number of anilines is 2. The molecule has 3 N–H and O–H groups in total. The van der Waals surface area contributed by atoms with Crippen LogP contribution in [0.5, 0.6) is 0 Å². The van der Waals surface area contributed by atoms with E-state index in [9.17, 15) is 14.4 Å². The molecule has 3 rings (SSSR count). The lowest BCUT2D eigenvalue weighted by molar-refractivity contribution is -0.0704. The van der Waals surface area contributed by atoms with Crippen molar-refractivity contribution in [2.75, 3.05) is 30.3 Å². The Bertz CT molecular complexity index is 1100. The second-order valence-electron chi connectivity index (χ2n) is 9.46. The number of unbranched alkanes of at least 4 members (excludes halogenated alkanes) is 2. The van der Waals surface area contributed by atoms with Crippen molar-refractivity contribution < 1.29 is 9.53 Å². The zero-order valence-corrected chi connectivity index (χ0v) is 21.4. The number of H-pyrrole nitrogens is 1. The molecule has 0 spiro atoms. The second kappa shape index (κ2) is 12.2. The standard InChI is InChI=1S/C26H39N5O4/c1-5-7-13-30(22-23(27)31(14-8-6-2)26(34)28-24(22)32)25(33)21-11-9-20(10-12-21)17-29-15-18(3)35-19(4)16-29/h9-12,18-19H,5-8,13-17,27H2,1-4H3,(H,28,32,34). The predicted octanol–water partition coefficient (Wildman–Crippen LogP) is 2.98. The molecule has 1 saturated heterocycles. The molecule has 9 nitrogen and oxygen atoms in total. The molecule has 1 amide bonds. The molecular weight excluding hydrogens is 446 g/mol. The fraction of sp³-hybridized carbons (Fsp3) is 0.577. The Morgan fingerprint density at radius 3 is 2.31 bits per heavy atom. The van der Waals surface area contributed by atoms with Gasteiger partial charge in [-0.05, 0) is 44.4 Å². The summed E-state index contributed by atoms with van der Waals surface area (Å²) in [6, 6.07) is 7.49. The second-order valence-corrected chi connectivity index (χ2v) is 9.46. The Morgan fingerprint density at radius 1 is 1.09 bits per heavy atom. The van der Waals surface area contributed by atoms with Crippen molar-refractivity contribution in [3.05, 3.63) is 56.2 Å². The van der Waals surface area contributed by atoms with E-state index in [-0.39, 0.29) is 29.6 Å². The number of morpholine rings is 1. The van der Waals surface area contributed by atoms with Crippen LogP contribution in [-0.2, 0) is 17.8 Å². The first-order chi connectivity index (χ1) is 16.7. The van der Waals surface area contributed by atoms with Crippen LogP contribution in [0.25, 0.3) is 0 Å². The van der Waals surface area contributed by atoms with Gasteiger partial charge in [0, 0.05) is 38.3 Å². The summed E-state index contributed by atoms with van der Waals surface area (Å²) in [7, 11) is 0. The normalized spacial score (nSPS) is 18.5. The minimum Gasteiger partial charge on any atom is -0.383 e. The van der Waals surface area contributed by atoms with Crippen LogP contribution in [0, 0.1) is 0 Å². The summed E-state index contributed by atoms with van der Waals surface area (Å²) in [6.07, 6.45) is 3.52. The van der Waals surface area contributed by atoms with Gasteiger partial charge in [0.25, 0.3) is 11.5 Å². The molecule has 2 unspecified atom stereocenters. The molecule has 0 aliphatic carbocycles. The average Bonchev–Trinajstić information content (AvgIpc) is 2.80. The number of carbonyl (C=O) groups excluding carboxylic acids is 1. The van der Waals surface area contributed by atoms with E-state index in [1.165, 1.54) is 9.47 Å². The molecule has 1 aliphatic heterocycles. The van der Waals surface area contributed by atoms with Crippen LogP contribution in [0.15, 0.2) is 33.9 Å². The van der Waals surface area contributed by atoms with Gasteiger partial charge in [-0.1, -0.05) is 38.8 Å². The van der Waals surface area contributed by atoms with Crippen molar-refractivity contribution >= 4 is 17.4 Å². The molecule has 0 bridgehead atoms. The number of benzene rings is 1. The highest BCUT2D eigenvalue weighted by atomic mass is 16.5. The van der Waals surface area contributed by atoms with E-state index in [0.717, 1.165) is 44.5 Å². The highest BCUT2D eigenvalue weighted by molar-refractivity contribution is 6.07. The lowest BCUT2D eigenvalue weighted by atomic mass is 10.1. The number of nitrogens with two attached hydrogens (primary N) is 1. The molecule has 2 atom stereocenters. The van der Waals surface area contributed by atoms with E-state index in [0.29, 0.717) is 25.1 Å². The summed E-state index contributed by atoms with van der Waals surface area (Å²) >= 11 is 0. The monoisotopic (exact) mass is 485 g/mol. The fourth-order valence-corrected chi connectivity index (χ4v) is 4.59. The van der Waals surface area contributed by atoms with Gasteiger partial charge in [0.1, 0.15) is 5.82 Å². The van der Waals surface area contributed by atoms with Crippen molar-refractivity contribution in [1.29, 1.82) is 0 Å². The van der Waals surface area contributed by atoms with Crippen LogP contribution >= 0.6 is 0 Å². The number of ether oxygens (including phenoxy) is 1. The minimum atomic E-state index is -0.642. The maximum atomic E-state index is 13.6. The number of amides is 1. The van der Waals surface area contributed by atoms with Gasteiger partial charge in [0.15, 0.2) is 5.69 Å². The quantitative estimate of drug-likeness (QED) is 0.535. The SMILES string of the molecule is CCCCN(C(=O)c1ccc(CN2CC(C)OC(C)C2)cc1)c1c(N)n(CCCC)c(=O)[nH]c1=O. The summed E-state index contributed by atoms with van der Waals surface area (Å²) in [5.41, 5.74) is 6.72. The van der Waals surface area contributed by atoms with Gasteiger partial charge in [0.2, 0.25) is 0 Å². The summed E-state index contributed by atoms with van der Waals surface area (Å²) in [6.45, 7) is 11.4. The highest BCUT2D eigenvalue weighted by Crippen LogP contribution is 2.21. The Labute approximate surface area is 206 Å². The summed E-state index contributed by atoms with van der Waals surface area (Å²) in [5, 5.41) is 0. The van der Waals surface area contributed by atoms with Gasteiger partial charge in [-0.15, -0.1) is 0 Å². The van der Waals surface area contributed by atoms with Gasteiger partial charge in [-0.2, -0.15) is 0 Å². The smallest absolute Gasteiger partial charge is 0.330 e. The summed E-state index contributed by atoms with van der Waals surface area (Å²) in [5.74, 6) is -0.277. The molecule has 1 aliphatic rings. The van der Waals surface area contributed by atoms with E-state index >= 15 is 0 Å². The third kappa shape index (κ3) is 6.61. The van der Waals surface area contributed by atoms with Gasteiger partial charge in [-0.25, -0.2) is 4.79 Å². The van der Waals surface area contributed by atoms with Crippen molar-refractivity contribution in [2.45, 2.75) is 78.7 Å². The number of hydrogen-bond acceptors (Lipinski definition) is 6. The van der Waals surface area contributed by atoms with E-state index in [4.69, 9.17) is 10.5 Å². The maximum absolute atomic E-state index is 13.6. The number of carbonyl (C=O) groups is 1. The number of aromatic amines is 1. The molecule has 2 heterocycles. The molecule has 0 radical (unpaired) electrons. The van der Waals surface area contributed by atoms with E-state index in [1.54, 1.807) is 12.1 Å². The lowest BCUT2D eigenvalue weighted by Crippen LogP contribution is -2.44. The minimum absolute atomic E-state index is 0.0313. The van der Waals surface area contributed by atoms with E-state index < -0.39 is 11.2 Å². The van der Waals surface area contributed by atoms with Crippen LogP contribution < -0.4 is 21.9 Å². The fourth-order valence-electron chi connectivity index (χ4n) is 4.59. The van der Waals surface area contributed by atoms with Crippen molar-refractivity contribution in [3.8, 4) is 0 Å². The first kappa shape index (κ1) is 26.7. The number of nitrogens with one attached hydrogen (secondary N) is 1. The van der Waals surface area contributed by atoms with Crippen molar-refractivity contribution in [1.82, 2.24) is 14.5 Å². The number of nitrogens with zero attached hydrogens (tertiary/aromatic N) is 3. The molecule has 1 aromatic heterocycles. The van der Waals surface area contributed by atoms with Crippen LogP contribution in [0.4, 0.5) is 11.5 Å². The number of rotatable bonds is 10. The topological polar surface area (TPSA) is 114 Å². The molecule has 0 saturated carbocycles. The van der Waals surface area contributed by atoms with Gasteiger partial charge in [-0.3, -0.25) is 24.0 Å². The highest BCUT2D eigenvalue weighted by Gasteiger charge is 2.25. The summed E-state index contributed by atoms with van der Waals surface area (Å²) in [4.78, 5) is 44.8. The van der Waals surface area contributed by atoms with Crippen LogP contribution in [0.3, 0.4) is 0 Å². The van der Waals surface area contributed by atoms with Crippen LogP contribution in [0.1, 0.15) is 69.3 Å². The molecule has 192 valence electrons. The van der Waals surface area contributed by atoms with Gasteiger partial charge in [0.05, 0.1) is 12.2 Å². The van der Waals surface area contributed by atoms with Gasteiger partial charge < -0.3 is 15.4 Å². The zero-order chi connectivity index (χ0) is 25.5. The van der Waals surface area contributed by atoms with E-state index in [2.05, 4.69) is 23.7 Å². The Balaban J connectivity index is 1.87. The average molecular weight is 486 g/mol. The Morgan fingerprint density at radius 2 is 1.71 bits per heavy atom. The predicted molar refractivity (Wildman–Crippen MR) is 139 cm³/mol. The van der Waals surface area contributed by atoms with Crippen LogP contribution in [-0.4, -0.2) is 52.2 Å². The Kier molecular flexibility index (Phi) is 9.28. The first-order valence-electron chi connectivity index (χ1n) is 12.7. The first-order valence-corrected chi connectivity index (χ1v) is 12.7. The maximum Gasteiger partial charge on any atom is 0.330 e. The largest absolute Gasteiger partial charge is 0.383 e. The summed E-state index contributed by atoms with van der Waals surface area (Å²) < 4.78 is 7.16. The molecule has 2 aromatic rings. The number of hydrogen-bond donors (Lipinski definition) is 2.